The van der Waals surface area contributed by atoms with Gasteiger partial charge in [0.15, 0.2) is 0 Å². The number of hydrogen-bond acceptors (Lipinski definition) is 4. The molecule has 0 spiro atoms. The zero-order valence-electron chi connectivity index (χ0n) is 9.49. The van der Waals surface area contributed by atoms with Crippen LogP contribution in [-0.4, -0.2) is 35.6 Å². The first kappa shape index (κ1) is 11.0. The summed E-state index contributed by atoms with van der Waals surface area (Å²) in [5, 5.41) is 6.73. The summed E-state index contributed by atoms with van der Waals surface area (Å²) in [6, 6.07) is 0.731. The molecular weight excluding hydrogens is 206 g/mol. The van der Waals surface area contributed by atoms with Crippen molar-refractivity contribution in [3.63, 3.8) is 0 Å². The molecule has 3 nitrogen and oxygen atoms in total. The molecule has 1 aromatic rings. The van der Waals surface area contributed by atoms with Crippen LogP contribution in [0, 0.1) is 6.92 Å². The minimum absolute atomic E-state index is 0.731. The zero-order chi connectivity index (χ0) is 10.7. The van der Waals surface area contributed by atoms with Gasteiger partial charge in [0.25, 0.3) is 0 Å². The molecule has 1 aromatic heterocycles. The van der Waals surface area contributed by atoms with E-state index in [2.05, 4.69) is 34.4 Å². The third kappa shape index (κ3) is 2.77. The highest BCUT2D eigenvalue weighted by Crippen LogP contribution is 2.15. The molecule has 1 aliphatic rings. The van der Waals surface area contributed by atoms with Crippen molar-refractivity contribution in [3.8, 4) is 0 Å². The second-order valence-corrected chi connectivity index (χ2v) is 5.11. The van der Waals surface area contributed by atoms with Crippen molar-refractivity contribution < 1.29 is 0 Å². The Bertz CT molecular complexity index is 307. The van der Waals surface area contributed by atoms with Gasteiger partial charge in [-0.15, -0.1) is 11.3 Å². The van der Waals surface area contributed by atoms with E-state index < -0.39 is 0 Å². The van der Waals surface area contributed by atoms with Crippen molar-refractivity contribution in [2.45, 2.75) is 32.9 Å². The molecule has 84 valence electrons. The van der Waals surface area contributed by atoms with Crippen LogP contribution in [0.15, 0.2) is 5.38 Å². The van der Waals surface area contributed by atoms with E-state index in [1.807, 2.05) is 0 Å². The number of thiazole rings is 1. The second kappa shape index (κ2) is 5.05. The van der Waals surface area contributed by atoms with Gasteiger partial charge < -0.3 is 5.32 Å². The maximum absolute atomic E-state index is 4.53. The molecule has 0 amide bonds. The summed E-state index contributed by atoms with van der Waals surface area (Å²) in [5.41, 5.74) is 1.15. The van der Waals surface area contributed by atoms with Crippen LogP contribution in [0.1, 0.15) is 24.0 Å². The molecule has 2 rings (SSSR count). The lowest BCUT2D eigenvalue weighted by molar-refractivity contribution is 0.137. The van der Waals surface area contributed by atoms with E-state index in [1.54, 1.807) is 11.3 Å². The first-order valence-electron chi connectivity index (χ1n) is 5.65. The Hall–Kier alpha value is -0.450. The normalized spacial score (nSPS) is 17.0. The summed E-state index contributed by atoms with van der Waals surface area (Å²) in [7, 11) is 0. The van der Waals surface area contributed by atoms with E-state index in [0.717, 1.165) is 31.4 Å². The van der Waals surface area contributed by atoms with Crippen LogP contribution in [0.4, 0.5) is 0 Å². The van der Waals surface area contributed by atoms with Crippen LogP contribution in [0.5, 0.6) is 0 Å². The molecule has 1 N–H and O–H groups in total. The van der Waals surface area contributed by atoms with Gasteiger partial charge in [-0.3, -0.25) is 4.90 Å². The van der Waals surface area contributed by atoms with Crippen molar-refractivity contribution in [3.05, 3.63) is 16.1 Å². The monoisotopic (exact) mass is 225 g/mol. The molecule has 0 unspecified atom stereocenters. The van der Waals surface area contributed by atoms with Gasteiger partial charge in [0.1, 0.15) is 5.01 Å². The van der Waals surface area contributed by atoms with Crippen molar-refractivity contribution in [1.82, 2.24) is 15.2 Å². The Labute approximate surface area is 95.5 Å². The van der Waals surface area contributed by atoms with Crippen molar-refractivity contribution >= 4 is 11.3 Å². The van der Waals surface area contributed by atoms with Crippen LogP contribution in [-0.2, 0) is 6.54 Å². The SMILES string of the molecule is CCCN(Cc1nc(C)cs1)C1CNC1. The molecule has 0 aromatic carbocycles. The Balaban J connectivity index is 1.93. The van der Waals surface area contributed by atoms with E-state index in [9.17, 15) is 0 Å². The maximum atomic E-state index is 4.53. The molecule has 1 aliphatic heterocycles. The number of aromatic nitrogens is 1. The minimum Gasteiger partial charge on any atom is -0.314 e. The van der Waals surface area contributed by atoms with Crippen LogP contribution in [0.3, 0.4) is 0 Å². The van der Waals surface area contributed by atoms with Gasteiger partial charge >= 0.3 is 0 Å². The van der Waals surface area contributed by atoms with Gasteiger partial charge in [-0.2, -0.15) is 0 Å². The van der Waals surface area contributed by atoms with Crippen LogP contribution < -0.4 is 5.32 Å². The van der Waals surface area contributed by atoms with Gasteiger partial charge in [-0.05, 0) is 19.9 Å². The van der Waals surface area contributed by atoms with Crippen molar-refractivity contribution in [2.24, 2.45) is 0 Å². The molecule has 0 saturated carbocycles. The average Bonchev–Trinajstić information content (AvgIpc) is 2.48. The molecule has 0 aliphatic carbocycles. The highest BCUT2D eigenvalue weighted by molar-refractivity contribution is 7.09. The summed E-state index contributed by atoms with van der Waals surface area (Å²) < 4.78 is 0. The third-order valence-electron chi connectivity index (χ3n) is 2.79. The third-order valence-corrected chi connectivity index (χ3v) is 3.74. The fraction of sp³-hybridized carbons (Fsp3) is 0.727. The predicted octanol–water partition coefficient (Wildman–Crippen LogP) is 1.64. The summed E-state index contributed by atoms with van der Waals surface area (Å²) in [6.45, 7) is 8.81. The zero-order valence-corrected chi connectivity index (χ0v) is 10.3. The first-order chi connectivity index (χ1) is 7.29. The van der Waals surface area contributed by atoms with E-state index >= 15 is 0 Å². The molecule has 0 atom stereocenters. The Morgan fingerprint density at radius 1 is 1.60 bits per heavy atom. The summed E-state index contributed by atoms with van der Waals surface area (Å²) in [4.78, 5) is 7.08. The molecule has 1 saturated heterocycles. The van der Waals surface area contributed by atoms with Crippen LogP contribution >= 0.6 is 11.3 Å². The lowest BCUT2D eigenvalue weighted by Gasteiger charge is -2.37. The fourth-order valence-electron chi connectivity index (χ4n) is 1.86. The number of hydrogen-bond donors (Lipinski definition) is 1. The highest BCUT2D eigenvalue weighted by Gasteiger charge is 2.24. The maximum Gasteiger partial charge on any atom is 0.107 e. The van der Waals surface area contributed by atoms with E-state index in [-0.39, 0.29) is 0 Å². The number of aryl methyl sites for hydroxylation is 1. The Kier molecular flexibility index (Phi) is 3.72. The predicted molar refractivity (Wildman–Crippen MR) is 64.2 cm³/mol. The van der Waals surface area contributed by atoms with Crippen LogP contribution in [0.2, 0.25) is 0 Å². The lowest BCUT2D eigenvalue weighted by Crippen LogP contribution is -2.56. The molecule has 0 bridgehead atoms. The van der Waals surface area contributed by atoms with E-state index in [4.69, 9.17) is 0 Å². The average molecular weight is 225 g/mol. The van der Waals surface area contributed by atoms with Gasteiger partial charge in [-0.25, -0.2) is 4.98 Å². The van der Waals surface area contributed by atoms with Crippen molar-refractivity contribution in [2.75, 3.05) is 19.6 Å². The standard InChI is InChI=1S/C11H19N3S/c1-3-4-14(10-5-12-6-10)7-11-13-9(2)8-15-11/h8,10,12H,3-7H2,1-2H3. The Morgan fingerprint density at radius 3 is 2.87 bits per heavy atom. The smallest absolute Gasteiger partial charge is 0.107 e. The fourth-order valence-corrected chi connectivity index (χ4v) is 2.65. The largest absolute Gasteiger partial charge is 0.314 e. The van der Waals surface area contributed by atoms with Gasteiger partial charge in [-0.1, -0.05) is 6.92 Å². The lowest BCUT2D eigenvalue weighted by atomic mass is 10.1. The first-order valence-corrected chi connectivity index (χ1v) is 6.53. The molecule has 1 fully saturated rings. The highest BCUT2D eigenvalue weighted by atomic mass is 32.1. The number of nitrogens with one attached hydrogen (secondary N) is 1. The molecule has 4 heteroatoms. The molecule has 2 heterocycles. The van der Waals surface area contributed by atoms with Gasteiger partial charge in [0.2, 0.25) is 0 Å². The topological polar surface area (TPSA) is 28.2 Å². The molecular formula is C11H19N3S. The summed E-state index contributed by atoms with van der Waals surface area (Å²) in [6.07, 6.45) is 1.22. The quantitative estimate of drug-likeness (QED) is 0.825. The minimum atomic E-state index is 0.731. The summed E-state index contributed by atoms with van der Waals surface area (Å²) >= 11 is 1.78. The van der Waals surface area contributed by atoms with Crippen molar-refractivity contribution in [1.29, 1.82) is 0 Å². The number of nitrogens with zero attached hydrogens (tertiary/aromatic N) is 2. The molecule has 0 radical (unpaired) electrons. The van der Waals surface area contributed by atoms with Crippen LogP contribution in [0.25, 0.3) is 0 Å². The number of rotatable bonds is 5. The Morgan fingerprint density at radius 2 is 2.40 bits per heavy atom. The second-order valence-electron chi connectivity index (χ2n) is 4.17. The summed E-state index contributed by atoms with van der Waals surface area (Å²) in [5.74, 6) is 0. The van der Waals surface area contributed by atoms with E-state index in [1.165, 1.54) is 18.0 Å². The van der Waals surface area contributed by atoms with Gasteiger partial charge in [0.05, 0.1) is 6.54 Å². The van der Waals surface area contributed by atoms with E-state index in [0.29, 0.717) is 0 Å². The molecule has 15 heavy (non-hydrogen) atoms. The van der Waals surface area contributed by atoms with Gasteiger partial charge in [0, 0.05) is 30.2 Å².